The molecule has 0 fully saturated rings. The number of carbonyl (C=O) groups is 2. The summed E-state index contributed by atoms with van der Waals surface area (Å²) in [7, 11) is 0. The molecule has 5 nitrogen and oxygen atoms in total. The summed E-state index contributed by atoms with van der Waals surface area (Å²) in [6.07, 6.45) is 1.11. The van der Waals surface area contributed by atoms with Gasteiger partial charge in [-0.05, 0) is 54.4 Å². The molecule has 0 unspecified atom stereocenters. The second-order valence-electron chi connectivity index (χ2n) is 5.08. The second kappa shape index (κ2) is 6.71. The lowest BCUT2D eigenvalue weighted by Crippen LogP contribution is -2.20. The van der Waals surface area contributed by atoms with Crippen molar-refractivity contribution in [2.24, 2.45) is 0 Å². The van der Waals surface area contributed by atoms with Crippen LogP contribution in [-0.4, -0.2) is 18.5 Å². The SMILES string of the molecule is O=C1CCc2cc(OCC(=O)Oc3ccc(Cl)cc3)ccc2N1. The molecule has 2 aromatic rings. The van der Waals surface area contributed by atoms with Crippen LogP contribution in [0.5, 0.6) is 11.5 Å². The van der Waals surface area contributed by atoms with E-state index in [1.807, 2.05) is 6.07 Å². The number of amides is 1. The van der Waals surface area contributed by atoms with Crippen LogP contribution in [0, 0.1) is 0 Å². The van der Waals surface area contributed by atoms with E-state index in [2.05, 4.69) is 5.32 Å². The molecule has 1 amide bonds. The van der Waals surface area contributed by atoms with E-state index >= 15 is 0 Å². The van der Waals surface area contributed by atoms with E-state index in [-0.39, 0.29) is 12.5 Å². The van der Waals surface area contributed by atoms with E-state index in [1.54, 1.807) is 36.4 Å². The molecule has 1 N–H and O–H groups in total. The van der Waals surface area contributed by atoms with Crippen molar-refractivity contribution >= 4 is 29.2 Å². The van der Waals surface area contributed by atoms with Crippen molar-refractivity contribution in [2.75, 3.05) is 11.9 Å². The van der Waals surface area contributed by atoms with Crippen molar-refractivity contribution < 1.29 is 19.1 Å². The van der Waals surface area contributed by atoms with Crippen LogP contribution >= 0.6 is 11.6 Å². The van der Waals surface area contributed by atoms with E-state index < -0.39 is 5.97 Å². The highest BCUT2D eigenvalue weighted by molar-refractivity contribution is 6.30. The number of ether oxygens (including phenoxy) is 2. The molecule has 3 rings (SSSR count). The van der Waals surface area contributed by atoms with Gasteiger partial charge in [0.2, 0.25) is 5.91 Å². The minimum absolute atomic E-state index is 0.0118. The van der Waals surface area contributed by atoms with Crippen molar-refractivity contribution in [2.45, 2.75) is 12.8 Å². The number of carbonyl (C=O) groups excluding carboxylic acids is 2. The largest absolute Gasteiger partial charge is 0.482 e. The lowest BCUT2D eigenvalue weighted by atomic mass is 10.0. The van der Waals surface area contributed by atoms with Gasteiger partial charge in [0.15, 0.2) is 6.61 Å². The van der Waals surface area contributed by atoms with Gasteiger partial charge in [-0.2, -0.15) is 0 Å². The summed E-state index contributed by atoms with van der Waals surface area (Å²) in [4.78, 5) is 23.1. The first kappa shape index (κ1) is 15.4. The minimum atomic E-state index is -0.502. The number of esters is 1. The Morgan fingerprint density at radius 1 is 1.09 bits per heavy atom. The first-order valence-corrected chi connectivity index (χ1v) is 7.50. The zero-order valence-electron chi connectivity index (χ0n) is 12.2. The van der Waals surface area contributed by atoms with E-state index in [4.69, 9.17) is 21.1 Å². The maximum absolute atomic E-state index is 11.8. The van der Waals surface area contributed by atoms with Crippen LogP contribution in [-0.2, 0) is 16.0 Å². The summed E-state index contributed by atoms with van der Waals surface area (Å²) in [5, 5.41) is 3.36. The molecule has 1 aliphatic heterocycles. The van der Waals surface area contributed by atoms with Gasteiger partial charge in [-0.1, -0.05) is 11.6 Å². The van der Waals surface area contributed by atoms with Gasteiger partial charge >= 0.3 is 5.97 Å². The molecule has 0 atom stereocenters. The van der Waals surface area contributed by atoms with Gasteiger partial charge in [-0.15, -0.1) is 0 Å². The molecule has 0 radical (unpaired) electrons. The van der Waals surface area contributed by atoms with Crippen LogP contribution in [0.25, 0.3) is 0 Å². The van der Waals surface area contributed by atoms with Crippen LogP contribution in [0.1, 0.15) is 12.0 Å². The number of hydrogen-bond acceptors (Lipinski definition) is 4. The van der Waals surface area contributed by atoms with Crippen LogP contribution in [0.4, 0.5) is 5.69 Å². The summed E-state index contributed by atoms with van der Waals surface area (Å²) in [6, 6.07) is 11.8. The maximum Gasteiger partial charge on any atom is 0.349 e. The topological polar surface area (TPSA) is 64.6 Å². The quantitative estimate of drug-likeness (QED) is 0.690. The number of hydrogen-bond donors (Lipinski definition) is 1. The fourth-order valence-electron chi connectivity index (χ4n) is 2.26. The Morgan fingerprint density at radius 3 is 2.61 bits per heavy atom. The predicted molar refractivity (Wildman–Crippen MR) is 86.0 cm³/mol. The second-order valence-corrected chi connectivity index (χ2v) is 5.52. The Hall–Kier alpha value is -2.53. The van der Waals surface area contributed by atoms with Gasteiger partial charge < -0.3 is 14.8 Å². The summed E-state index contributed by atoms with van der Waals surface area (Å²) < 4.78 is 10.6. The van der Waals surface area contributed by atoms with Crippen molar-refractivity contribution in [3.05, 3.63) is 53.1 Å². The third-order valence-corrected chi connectivity index (χ3v) is 3.63. The molecule has 118 valence electrons. The molecule has 1 heterocycles. The average Bonchev–Trinajstić information content (AvgIpc) is 2.55. The van der Waals surface area contributed by atoms with Gasteiger partial charge in [0.25, 0.3) is 0 Å². The normalized spacial score (nSPS) is 13.0. The van der Waals surface area contributed by atoms with Crippen molar-refractivity contribution in [3.8, 4) is 11.5 Å². The summed E-state index contributed by atoms with van der Waals surface area (Å²) in [5.74, 6) is 0.486. The van der Waals surface area contributed by atoms with Crippen molar-refractivity contribution in [1.29, 1.82) is 0 Å². The number of nitrogens with one attached hydrogen (secondary N) is 1. The third kappa shape index (κ3) is 4.02. The van der Waals surface area contributed by atoms with Crippen LogP contribution < -0.4 is 14.8 Å². The van der Waals surface area contributed by atoms with E-state index in [1.165, 1.54) is 0 Å². The zero-order chi connectivity index (χ0) is 16.2. The van der Waals surface area contributed by atoms with Crippen molar-refractivity contribution in [1.82, 2.24) is 0 Å². The van der Waals surface area contributed by atoms with Crippen molar-refractivity contribution in [3.63, 3.8) is 0 Å². The smallest absolute Gasteiger partial charge is 0.349 e. The third-order valence-electron chi connectivity index (χ3n) is 3.37. The Kier molecular flexibility index (Phi) is 4.48. The van der Waals surface area contributed by atoms with Gasteiger partial charge in [-0.25, -0.2) is 4.79 Å². The molecular formula is C17H14ClNO4. The first-order valence-electron chi connectivity index (χ1n) is 7.12. The molecule has 6 heteroatoms. The Bertz CT molecular complexity index is 743. The molecule has 1 aliphatic rings. The van der Waals surface area contributed by atoms with Crippen LogP contribution in [0.15, 0.2) is 42.5 Å². The number of anilines is 1. The number of fused-ring (bicyclic) bond motifs is 1. The highest BCUT2D eigenvalue weighted by Gasteiger charge is 2.15. The summed E-state index contributed by atoms with van der Waals surface area (Å²) >= 11 is 5.77. The number of halogens is 1. The van der Waals surface area contributed by atoms with Gasteiger partial charge in [-0.3, -0.25) is 4.79 Å². The molecule has 0 aliphatic carbocycles. The monoisotopic (exact) mass is 331 g/mol. The molecule has 2 aromatic carbocycles. The summed E-state index contributed by atoms with van der Waals surface area (Å²) in [5.41, 5.74) is 1.78. The fourth-order valence-corrected chi connectivity index (χ4v) is 2.38. The van der Waals surface area contributed by atoms with Crippen LogP contribution in [0.3, 0.4) is 0 Å². The molecule has 0 saturated heterocycles. The van der Waals surface area contributed by atoms with E-state index in [9.17, 15) is 9.59 Å². The maximum atomic E-state index is 11.8. The Balaban J connectivity index is 1.56. The Labute approximate surface area is 138 Å². The average molecular weight is 332 g/mol. The lowest BCUT2D eigenvalue weighted by Gasteiger charge is -2.17. The number of aryl methyl sites for hydroxylation is 1. The number of rotatable bonds is 4. The zero-order valence-corrected chi connectivity index (χ0v) is 12.9. The van der Waals surface area contributed by atoms with Crippen LogP contribution in [0.2, 0.25) is 5.02 Å². The molecule has 0 saturated carbocycles. The number of benzene rings is 2. The standard InChI is InChI=1S/C17H14ClNO4/c18-12-2-4-13(5-3-12)23-17(21)10-22-14-6-7-15-11(9-14)1-8-16(20)19-15/h2-7,9H,1,8,10H2,(H,19,20). The fraction of sp³-hybridized carbons (Fsp3) is 0.176. The molecule has 0 aromatic heterocycles. The first-order chi connectivity index (χ1) is 11.1. The van der Waals surface area contributed by atoms with Gasteiger partial charge in [0.05, 0.1) is 0 Å². The van der Waals surface area contributed by atoms with E-state index in [0.717, 1.165) is 11.3 Å². The molecule has 0 bridgehead atoms. The molecule has 0 spiro atoms. The summed E-state index contributed by atoms with van der Waals surface area (Å²) in [6.45, 7) is -0.201. The predicted octanol–water partition coefficient (Wildman–Crippen LogP) is 3.21. The Morgan fingerprint density at radius 2 is 1.83 bits per heavy atom. The minimum Gasteiger partial charge on any atom is -0.482 e. The van der Waals surface area contributed by atoms with Gasteiger partial charge in [0.1, 0.15) is 11.5 Å². The highest BCUT2D eigenvalue weighted by Crippen LogP contribution is 2.26. The molecule has 23 heavy (non-hydrogen) atoms. The van der Waals surface area contributed by atoms with E-state index in [0.29, 0.717) is 29.4 Å². The highest BCUT2D eigenvalue weighted by atomic mass is 35.5. The molecular weight excluding hydrogens is 318 g/mol. The van der Waals surface area contributed by atoms with Gasteiger partial charge in [0, 0.05) is 17.1 Å². The lowest BCUT2D eigenvalue weighted by molar-refractivity contribution is -0.136.